The number of hydrogen-bond donors (Lipinski definition) is 1. The van der Waals surface area contributed by atoms with Crippen LogP contribution < -0.4 is 0 Å². The number of unbranched alkanes of at least 4 members (excludes halogenated alkanes) is 9. The minimum atomic E-state index is -1.02. The minimum Gasteiger partial charge on any atom is -0.478 e. The van der Waals surface area contributed by atoms with Gasteiger partial charge in [-0.15, -0.1) is 0 Å². The zero-order valence-corrected chi connectivity index (χ0v) is 18.8. The second-order valence-electron chi connectivity index (χ2n) is 8.07. The van der Waals surface area contributed by atoms with E-state index in [9.17, 15) is 9.59 Å². The number of carbonyl (C=O) groups excluding carboxylic acids is 1. The predicted octanol–water partition coefficient (Wildman–Crippen LogP) is 5.83. The molecule has 1 N–H and O–H groups in total. The molecule has 0 atom stereocenters. The average Bonchev–Trinajstić information content (AvgIpc) is 2.79. The zero-order chi connectivity index (χ0) is 22.5. The topological polar surface area (TPSA) is 83.4 Å². The number of carboxylic acids is 1. The van der Waals surface area contributed by atoms with Crippen LogP contribution in [0.5, 0.6) is 0 Å². The van der Waals surface area contributed by atoms with Crippen molar-refractivity contribution in [2.24, 2.45) is 0 Å². The van der Waals surface area contributed by atoms with Gasteiger partial charge in [-0.05, 0) is 30.7 Å². The Morgan fingerprint density at radius 2 is 1.29 bits per heavy atom. The van der Waals surface area contributed by atoms with Crippen LogP contribution >= 0.6 is 0 Å². The van der Waals surface area contributed by atoms with Gasteiger partial charge < -0.3 is 10.0 Å². The minimum absolute atomic E-state index is 0.0611. The molecule has 0 aliphatic rings. The largest absolute Gasteiger partial charge is 0.478 e. The molecule has 0 saturated heterocycles. The maximum Gasteiger partial charge on any atom is 0.335 e. The van der Waals surface area contributed by atoms with Gasteiger partial charge in [0.2, 0.25) is 0 Å². The molecule has 0 bridgehead atoms. The van der Waals surface area contributed by atoms with Crippen LogP contribution in [-0.2, 0) is 0 Å². The van der Waals surface area contributed by atoms with Crippen molar-refractivity contribution in [3.8, 4) is 11.4 Å². The second kappa shape index (κ2) is 13.5. The van der Waals surface area contributed by atoms with Crippen molar-refractivity contribution in [3.05, 3.63) is 47.8 Å². The lowest BCUT2D eigenvalue weighted by Gasteiger charge is -2.17. The molecule has 168 valence electrons. The molecular formula is C25H35N3O3. The quantitative estimate of drug-likeness (QED) is 0.385. The zero-order valence-electron chi connectivity index (χ0n) is 18.8. The van der Waals surface area contributed by atoms with Crippen molar-refractivity contribution >= 4 is 11.9 Å². The fraction of sp³-hybridized carbons (Fsp3) is 0.520. The van der Waals surface area contributed by atoms with E-state index in [0.29, 0.717) is 17.0 Å². The van der Waals surface area contributed by atoms with Gasteiger partial charge in [-0.1, -0.05) is 64.7 Å². The Bertz CT molecular complexity index is 838. The number of carboxylic acid groups (broad SMARTS) is 1. The van der Waals surface area contributed by atoms with E-state index in [2.05, 4.69) is 16.9 Å². The van der Waals surface area contributed by atoms with Crippen LogP contribution in [0.4, 0.5) is 0 Å². The van der Waals surface area contributed by atoms with Crippen molar-refractivity contribution in [2.45, 2.75) is 71.1 Å². The number of nitrogens with zero attached hydrogens (tertiary/aromatic N) is 3. The normalized spacial score (nSPS) is 10.8. The van der Waals surface area contributed by atoms with Gasteiger partial charge in [-0.25, -0.2) is 4.79 Å². The molecule has 0 radical (unpaired) electrons. The highest BCUT2D eigenvalue weighted by Gasteiger charge is 2.14. The molecule has 0 aromatic carbocycles. The summed E-state index contributed by atoms with van der Waals surface area (Å²) in [4.78, 5) is 34.1. The van der Waals surface area contributed by atoms with Crippen LogP contribution in [0.3, 0.4) is 0 Å². The van der Waals surface area contributed by atoms with Gasteiger partial charge >= 0.3 is 5.97 Å². The fourth-order valence-corrected chi connectivity index (χ4v) is 3.57. The Morgan fingerprint density at radius 3 is 1.84 bits per heavy atom. The lowest BCUT2D eigenvalue weighted by Crippen LogP contribution is -2.27. The van der Waals surface area contributed by atoms with Crippen LogP contribution in [0.2, 0.25) is 0 Å². The summed E-state index contributed by atoms with van der Waals surface area (Å²) in [7, 11) is 1.82. The Morgan fingerprint density at radius 1 is 0.806 bits per heavy atom. The third kappa shape index (κ3) is 8.48. The Kier molecular flexibility index (Phi) is 10.7. The molecule has 31 heavy (non-hydrogen) atoms. The lowest BCUT2D eigenvalue weighted by atomic mass is 10.1. The van der Waals surface area contributed by atoms with Gasteiger partial charge in [0.1, 0.15) is 0 Å². The number of hydrogen-bond acceptors (Lipinski definition) is 4. The summed E-state index contributed by atoms with van der Waals surface area (Å²) < 4.78 is 0. The number of aromatic nitrogens is 2. The predicted molar refractivity (Wildman–Crippen MR) is 123 cm³/mol. The first-order valence-corrected chi connectivity index (χ1v) is 11.4. The molecule has 0 saturated carbocycles. The van der Waals surface area contributed by atoms with Gasteiger partial charge in [0.25, 0.3) is 5.91 Å². The molecule has 0 aliphatic carbocycles. The van der Waals surface area contributed by atoms with Crippen molar-refractivity contribution in [1.29, 1.82) is 0 Å². The summed E-state index contributed by atoms with van der Waals surface area (Å²) in [6.45, 7) is 2.96. The van der Waals surface area contributed by atoms with Crippen molar-refractivity contribution in [3.63, 3.8) is 0 Å². The number of rotatable bonds is 14. The van der Waals surface area contributed by atoms with Gasteiger partial charge in [-0.3, -0.25) is 14.8 Å². The molecule has 2 aromatic rings. The molecule has 1 amide bonds. The summed E-state index contributed by atoms with van der Waals surface area (Å²) in [5, 5.41) is 9.16. The van der Waals surface area contributed by atoms with E-state index in [-0.39, 0.29) is 11.5 Å². The molecule has 0 unspecified atom stereocenters. The van der Waals surface area contributed by atoms with Crippen LogP contribution in [0.25, 0.3) is 11.4 Å². The molecule has 0 spiro atoms. The standard InChI is InChI=1S/C25H35N3O3/c1-3-4-5-6-7-8-9-10-11-12-17-28(2)24(29)20-13-15-26-22(18-20)23-19-21(25(30)31)14-16-27-23/h13-16,18-19H,3-12,17H2,1-2H3,(H,30,31). The third-order valence-corrected chi connectivity index (χ3v) is 5.47. The van der Waals surface area contributed by atoms with E-state index in [1.807, 2.05) is 7.05 Å². The summed E-state index contributed by atoms with van der Waals surface area (Å²) in [5.74, 6) is -1.08. The van der Waals surface area contributed by atoms with Gasteiger partial charge in [0.15, 0.2) is 0 Å². The van der Waals surface area contributed by atoms with Crippen molar-refractivity contribution < 1.29 is 14.7 Å². The Balaban J connectivity index is 1.78. The number of amides is 1. The molecule has 2 heterocycles. The van der Waals surface area contributed by atoms with E-state index in [1.54, 1.807) is 23.2 Å². The highest BCUT2D eigenvalue weighted by Crippen LogP contribution is 2.18. The van der Waals surface area contributed by atoms with Crippen molar-refractivity contribution in [1.82, 2.24) is 14.9 Å². The highest BCUT2D eigenvalue weighted by atomic mass is 16.4. The SMILES string of the molecule is CCCCCCCCCCCCN(C)C(=O)c1ccnc(-c2cc(C(=O)O)ccn2)c1. The maximum absolute atomic E-state index is 12.8. The van der Waals surface area contributed by atoms with E-state index < -0.39 is 5.97 Å². The molecule has 6 nitrogen and oxygen atoms in total. The van der Waals surface area contributed by atoms with Crippen LogP contribution in [0.15, 0.2) is 36.7 Å². The van der Waals surface area contributed by atoms with E-state index >= 15 is 0 Å². The molecule has 6 heteroatoms. The van der Waals surface area contributed by atoms with E-state index in [0.717, 1.165) is 19.4 Å². The lowest BCUT2D eigenvalue weighted by molar-refractivity contribution is 0.0696. The molecule has 0 fully saturated rings. The summed E-state index contributed by atoms with van der Waals surface area (Å²) in [6, 6.07) is 6.25. The van der Waals surface area contributed by atoms with Crippen molar-refractivity contribution in [2.75, 3.05) is 13.6 Å². The monoisotopic (exact) mass is 425 g/mol. The highest BCUT2D eigenvalue weighted by molar-refractivity contribution is 5.95. The number of pyridine rings is 2. The van der Waals surface area contributed by atoms with E-state index in [1.165, 1.54) is 69.7 Å². The molecule has 0 aliphatic heterocycles. The van der Waals surface area contributed by atoms with Crippen LogP contribution in [0, 0.1) is 0 Å². The molecule has 2 rings (SSSR count). The Labute approximate surface area is 185 Å². The molecule has 2 aromatic heterocycles. The maximum atomic E-state index is 12.8. The number of carbonyl (C=O) groups is 2. The first-order chi connectivity index (χ1) is 15.0. The van der Waals surface area contributed by atoms with Gasteiger partial charge in [0, 0.05) is 31.5 Å². The summed E-state index contributed by atoms with van der Waals surface area (Å²) in [6.07, 6.45) is 15.7. The van der Waals surface area contributed by atoms with Crippen LogP contribution in [-0.4, -0.2) is 45.4 Å². The fourth-order valence-electron chi connectivity index (χ4n) is 3.57. The average molecular weight is 426 g/mol. The van der Waals surface area contributed by atoms with E-state index in [4.69, 9.17) is 5.11 Å². The Hall–Kier alpha value is -2.76. The first-order valence-electron chi connectivity index (χ1n) is 11.4. The summed E-state index contributed by atoms with van der Waals surface area (Å²) in [5.41, 5.74) is 1.59. The first kappa shape index (κ1) is 24.5. The summed E-state index contributed by atoms with van der Waals surface area (Å²) >= 11 is 0. The second-order valence-corrected chi connectivity index (χ2v) is 8.07. The molecular weight excluding hydrogens is 390 g/mol. The van der Waals surface area contributed by atoms with Gasteiger partial charge in [0.05, 0.1) is 17.0 Å². The third-order valence-electron chi connectivity index (χ3n) is 5.47. The number of aromatic carboxylic acids is 1. The smallest absolute Gasteiger partial charge is 0.335 e. The van der Waals surface area contributed by atoms with Gasteiger partial charge in [-0.2, -0.15) is 0 Å². The van der Waals surface area contributed by atoms with Crippen LogP contribution in [0.1, 0.15) is 91.8 Å².